The molecule has 1 fully saturated rings. The zero-order valence-corrected chi connectivity index (χ0v) is 12.6. The normalized spacial score (nSPS) is 23.1. The SMILES string of the molecule is CC(=O)c1sc(NC2CCCC(C)CC2)nc1C(=O)O. The maximum Gasteiger partial charge on any atom is 0.356 e. The Hall–Kier alpha value is -1.43. The predicted octanol–water partition coefficient (Wildman–Crippen LogP) is 3.42. The van der Waals surface area contributed by atoms with Crippen LogP contribution in [-0.2, 0) is 0 Å². The van der Waals surface area contributed by atoms with Crippen LogP contribution < -0.4 is 5.32 Å². The number of nitrogens with zero attached hydrogens (tertiary/aromatic N) is 1. The van der Waals surface area contributed by atoms with Gasteiger partial charge in [-0.25, -0.2) is 9.78 Å². The number of aromatic nitrogens is 1. The van der Waals surface area contributed by atoms with E-state index in [1.807, 2.05) is 0 Å². The molecule has 2 rings (SSSR count). The molecule has 1 heterocycles. The first-order chi connectivity index (χ1) is 9.47. The number of rotatable bonds is 4. The Morgan fingerprint density at radius 2 is 2.05 bits per heavy atom. The number of nitrogens with one attached hydrogen (secondary N) is 1. The first-order valence-electron chi connectivity index (χ1n) is 6.99. The summed E-state index contributed by atoms with van der Waals surface area (Å²) in [6.07, 6.45) is 5.74. The molecule has 0 bridgehead atoms. The predicted molar refractivity (Wildman–Crippen MR) is 78.7 cm³/mol. The van der Waals surface area contributed by atoms with E-state index in [0.29, 0.717) is 11.2 Å². The molecule has 0 amide bonds. The van der Waals surface area contributed by atoms with Gasteiger partial charge in [-0.05, 0) is 25.2 Å². The largest absolute Gasteiger partial charge is 0.476 e. The Labute approximate surface area is 122 Å². The van der Waals surface area contributed by atoms with Gasteiger partial charge in [0.2, 0.25) is 0 Å². The second kappa shape index (κ2) is 6.35. The Bertz CT molecular complexity index is 481. The Morgan fingerprint density at radius 1 is 1.30 bits per heavy atom. The molecule has 0 radical (unpaired) electrons. The lowest BCUT2D eigenvalue weighted by atomic mass is 10.0. The molecule has 1 aromatic heterocycles. The molecule has 5 nitrogen and oxygen atoms in total. The van der Waals surface area contributed by atoms with Crippen LogP contribution >= 0.6 is 11.3 Å². The lowest BCUT2D eigenvalue weighted by Gasteiger charge is -2.15. The van der Waals surface area contributed by atoms with Gasteiger partial charge in [0.05, 0.1) is 0 Å². The van der Waals surface area contributed by atoms with E-state index in [0.717, 1.165) is 30.1 Å². The molecule has 1 aliphatic rings. The molecule has 2 N–H and O–H groups in total. The van der Waals surface area contributed by atoms with Crippen molar-refractivity contribution in [3.63, 3.8) is 0 Å². The van der Waals surface area contributed by atoms with Crippen molar-refractivity contribution in [3.8, 4) is 0 Å². The second-order valence-electron chi connectivity index (χ2n) is 5.51. The first kappa shape index (κ1) is 15.0. The molecule has 1 aromatic rings. The van der Waals surface area contributed by atoms with Crippen LogP contribution in [0.25, 0.3) is 0 Å². The van der Waals surface area contributed by atoms with E-state index in [9.17, 15) is 9.59 Å². The van der Waals surface area contributed by atoms with Gasteiger partial charge in [0.1, 0.15) is 4.88 Å². The molecule has 1 saturated carbocycles. The number of anilines is 1. The van der Waals surface area contributed by atoms with E-state index >= 15 is 0 Å². The van der Waals surface area contributed by atoms with Crippen LogP contribution in [0.2, 0.25) is 0 Å². The lowest BCUT2D eigenvalue weighted by Crippen LogP contribution is -2.18. The summed E-state index contributed by atoms with van der Waals surface area (Å²) in [5.41, 5.74) is -0.132. The highest BCUT2D eigenvalue weighted by molar-refractivity contribution is 7.17. The minimum absolute atomic E-state index is 0.132. The molecule has 2 atom stereocenters. The average Bonchev–Trinajstić information content (AvgIpc) is 2.69. The number of thiazole rings is 1. The van der Waals surface area contributed by atoms with Crippen molar-refractivity contribution in [2.75, 3.05) is 5.32 Å². The number of hydrogen-bond acceptors (Lipinski definition) is 5. The fourth-order valence-corrected chi connectivity index (χ4v) is 3.50. The van der Waals surface area contributed by atoms with Crippen LogP contribution in [-0.4, -0.2) is 27.9 Å². The summed E-state index contributed by atoms with van der Waals surface area (Å²) in [6, 6.07) is 0.326. The summed E-state index contributed by atoms with van der Waals surface area (Å²) in [5, 5.41) is 12.9. The lowest BCUT2D eigenvalue weighted by molar-refractivity contribution is 0.0687. The summed E-state index contributed by atoms with van der Waals surface area (Å²) in [6.45, 7) is 3.64. The van der Waals surface area contributed by atoms with Crippen molar-refractivity contribution in [1.82, 2.24) is 4.98 Å². The van der Waals surface area contributed by atoms with Crippen LogP contribution in [0.3, 0.4) is 0 Å². The summed E-state index contributed by atoms with van der Waals surface area (Å²) in [4.78, 5) is 26.8. The molecular formula is C14H20N2O3S. The number of carbonyl (C=O) groups excluding carboxylic acids is 1. The van der Waals surface area contributed by atoms with Crippen molar-refractivity contribution >= 4 is 28.2 Å². The Kier molecular flexibility index (Phi) is 4.75. The van der Waals surface area contributed by atoms with Gasteiger partial charge in [-0.3, -0.25) is 4.79 Å². The standard InChI is InChI=1S/C14H20N2O3S/c1-8-4-3-5-10(7-6-8)15-14-16-11(13(18)19)12(20-14)9(2)17/h8,10H,3-7H2,1-2H3,(H,15,16)(H,18,19). The molecular weight excluding hydrogens is 276 g/mol. The number of Topliss-reactive ketones (excluding diaryl/α,β-unsaturated/α-hetero) is 1. The quantitative estimate of drug-likeness (QED) is 0.657. The second-order valence-corrected chi connectivity index (χ2v) is 6.51. The fraction of sp³-hybridized carbons (Fsp3) is 0.643. The Morgan fingerprint density at radius 3 is 2.65 bits per heavy atom. The van der Waals surface area contributed by atoms with Gasteiger partial charge < -0.3 is 10.4 Å². The van der Waals surface area contributed by atoms with Crippen LogP contribution in [0, 0.1) is 5.92 Å². The van der Waals surface area contributed by atoms with Gasteiger partial charge in [0.15, 0.2) is 16.6 Å². The van der Waals surface area contributed by atoms with Crippen LogP contribution in [0.5, 0.6) is 0 Å². The molecule has 1 aliphatic carbocycles. The van der Waals surface area contributed by atoms with E-state index in [1.54, 1.807) is 0 Å². The zero-order chi connectivity index (χ0) is 14.7. The Balaban J connectivity index is 2.11. The summed E-state index contributed by atoms with van der Waals surface area (Å²) < 4.78 is 0. The molecule has 110 valence electrons. The minimum Gasteiger partial charge on any atom is -0.476 e. The van der Waals surface area contributed by atoms with Crippen LogP contribution in [0.1, 0.15) is 66.1 Å². The maximum absolute atomic E-state index is 11.5. The molecule has 20 heavy (non-hydrogen) atoms. The van der Waals surface area contributed by atoms with E-state index in [1.165, 1.54) is 26.2 Å². The van der Waals surface area contributed by atoms with Crippen LogP contribution in [0.4, 0.5) is 5.13 Å². The smallest absolute Gasteiger partial charge is 0.356 e. The highest BCUT2D eigenvalue weighted by Crippen LogP contribution is 2.28. The fourth-order valence-electron chi connectivity index (χ4n) is 2.57. The third kappa shape index (κ3) is 3.56. The molecule has 0 aliphatic heterocycles. The van der Waals surface area contributed by atoms with Crippen molar-refractivity contribution in [3.05, 3.63) is 10.6 Å². The van der Waals surface area contributed by atoms with Gasteiger partial charge in [-0.15, -0.1) is 0 Å². The minimum atomic E-state index is -1.14. The van der Waals surface area contributed by atoms with Gasteiger partial charge >= 0.3 is 5.97 Å². The number of carboxylic acid groups (broad SMARTS) is 1. The molecule has 2 unspecified atom stereocenters. The monoisotopic (exact) mass is 296 g/mol. The van der Waals surface area contributed by atoms with Crippen molar-refractivity contribution < 1.29 is 14.7 Å². The van der Waals surface area contributed by atoms with E-state index in [-0.39, 0.29) is 16.4 Å². The maximum atomic E-state index is 11.5. The zero-order valence-electron chi connectivity index (χ0n) is 11.8. The molecule has 6 heteroatoms. The molecule has 0 saturated heterocycles. The van der Waals surface area contributed by atoms with Crippen LogP contribution in [0.15, 0.2) is 0 Å². The van der Waals surface area contributed by atoms with E-state index < -0.39 is 5.97 Å². The average molecular weight is 296 g/mol. The molecule has 0 aromatic carbocycles. The number of hydrogen-bond donors (Lipinski definition) is 2. The van der Waals surface area contributed by atoms with Crippen molar-refractivity contribution in [2.24, 2.45) is 5.92 Å². The highest BCUT2D eigenvalue weighted by Gasteiger charge is 2.22. The highest BCUT2D eigenvalue weighted by atomic mass is 32.1. The first-order valence-corrected chi connectivity index (χ1v) is 7.80. The number of aromatic carboxylic acids is 1. The van der Waals surface area contributed by atoms with Crippen molar-refractivity contribution in [1.29, 1.82) is 0 Å². The molecule has 0 spiro atoms. The number of carbonyl (C=O) groups is 2. The third-order valence-corrected chi connectivity index (χ3v) is 4.82. The van der Waals surface area contributed by atoms with Gasteiger partial charge in [0, 0.05) is 13.0 Å². The summed E-state index contributed by atoms with van der Waals surface area (Å²) >= 11 is 1.14. The van der Waals surface area contributed by atoms with Gasteiger partial charge in [-0.1, -0.05) is 31.1 Å². The van der Waals surface area contributed by atoms with Crippen molar-refractivity contribution in [2.45, 2.75) is 52.0 Å². The third-order valence-electron chi connectivity index (χ3n) is 3.73. The number of carboxylic acids is 1. The van der Waals surface area contributed by atoms with Gasteiger partial charge in [0.25, 0.3) is 0 Å². The van der Waals surface area contributed by atoms with Gasteiger partial charge in [-0.2, -0.15) is 0 Å². The summed E-state index contributed by atoms with van der Waals surface area (Å²) in [7, 11) is 0. The van der Waals surface area contributed by atoms with E-state index in [2.05, 4.69) is 17.2 Å². The van der Waals surface area contributed by atoms with E-state index in [4.69, 9.17) is 5.11 Å². The summed E-state index contributed by atoms with van der Waals surface area (Å²) in [5.74, 6) is -0.642. The number of ketones is 1. The topological polar surface area (TPSA) is 79.3 Å².